The van der Waals surface area contributed by atoms with E-state index in [4.69, 9.17) is 4.84 Å². The number of rotatable bonds is 5. The summed E-state index contributed by atoms with van der Waals surface area (Å²) in [7, 11) is 1.21. The van der Waals surface area contributed by atoms with E-state index in [1.165, 1.54) is 37.1 Å². The highest BCUT2D eigenvalue weighted by Crippen LogP contribution is 2.40. The Morgan fingerprint density at radius 3 is 2.42 bits per heavy atom. The SMILES string of the molecule is CC#CCN1c2c(n(-c3ccccc3C(C)=O)c(=O)n(C)c2=O)N(OC(=O)C(F)(F)F)C1N1CCNCC1. The van der Waals surface area contributed by atoms with Gasteiger partial charge in [0.05, 0.1) is 12.2 Å². The van der Waals surface area contributed by atoms with Crippen molar-refractivity contribution in [1.29, 1.82) is 0 Å². The van der Waals surface area contributed by atoms with Gasteiger partial charge in [0.15, 0.2) is 23.6 Å². The van der Waals surface area contributed by atoms with Gasteiger partial charge >= 0.3 is 17.8 Å². The van der Waals surface area contributed by atoms with Crippen LogP contribution in [0, 0.1) is 11.8 Å². The Kier molecular flexibility index (Phi) is 7.34. The molecule has 1 aromatic carbocycles. The largest absolute Gasteiger partial charge is 0.493 e. The predicted molar refractivity (Wildman–Crippen MR) is 131 cm³/mol. The number of halogens is 3. The molecule has 0 bridgehead atoms. The summed E-state index contributed by atoms with van der Waals surface area (Å²) >= 11 is 0. The number of fused-ring (bicyclic) bond motifs is 1. The summed E-state index contributed by atoms with van der Waals surface area (Å²) in [5.74, 6) is 2.12. The molecule has 2 aliphatic rings. The lowest BCUT2D eigenvalue weighted by molar-refractivity contribution is -0.203. The van der Waals surface area contributed by atoms with Gasteiger partial charge in [-0.05, 0) is 26.0 Å². The van der Waals surface area contributed by atoms with E-state index >= 15 is 0 Å². The van der Waals surface area contributed by atoms with E-state index in [1.807, 2.05) is 0 Å². The lowest BCUT2D eigenvalue weighted by Crippen LogP contribution is -2.61. The van der Waals surface area contributed by atoms with Gasteiger partial charge in [-0.1, -0.05) is 18.1 Å². The molecule has 0 amide bonds. The first kappa shape index (κ1) is 27.0. The van der Waals surface area contributed by atoms with E-state index in [0.29, 0.717) is 31.2 Å². The van der Waals surface area contributed by atoms with Crippen LogP contribution in [0.1, 0.15) is 24.2 Å². The van der Waals surface area contributed by atoms with Gasteiger partial charge in [0.2, 0.25) is 0 Å². The fraction of sp³-hybridized carbons (Fsp3) is 0.417. The van der Waals surface area contributed by atoms with Crippen LogP contribution >= 0.6 is 0 Å². The minimum absolute atomic E-state index is 0.00685. The smallest absolute Gasteiger partial charge is 0.327 e. The zero-order valence-corrected chi connectivity index (χ0v) is 20.8. The minimum Gasteiger partial charge on any atom is -0.327 e. The number of carbonyl (C=O) groups excluding carboxylic acids is 2. The Hall–Kier alpha value is -4.09. The molecule has 0 aliphatic carbocycles. The van der Waals surface area contributed by atoms with E-state index in [-0.39, 0.29) is 23.5 Å². The summed E-state index contributed by atoms with van der Waals surface area (Å²) in [5.41, 5.74) is -1.90. The summed E-state index contributed by atoms with van der Waals surface area (Å²) in [6.45, 7) is 4.28. The summed E-state index contributed by atoms with van der Waals surface area (Å²) in [6, 6.07) is 5.94. The molecule has 2 aliphatic heterocycles. The standard InChI is InChI=1S/C24H25F3N6O5/c1-4-5-12-31-18-19(33(38-21(36)24(25,26)27)22(31)30-13-10-28-11-14-30)32(23(37)29(3)20(18)35)17-9-7-6-8-16(17)15(2)34/h6-9,22,28H,10-14H2,1-3H3. The van der Waals surface area contributed by atoms with Crippen LogP contribution in [0.5, 0.6) is 0 Å². The van der Waals surface area contributed by atoms with E-state index < -0.39 is 41.3 Å². The van der Waals surface area contributed by atoms with Crippen molar-refractivity contribution < 1.29 is 27.6 Å². The molecule has 202 valence electrons. The van der Waals surface area contributed by atoms with Gasteiger partial charge < -0.3 is 15.1 Å². The number of piperazine rings is 1. The number of para-hydroxylation sites is 1. The molecular weight excluding hydrogens is 509 g/mol. The molecule has 1 atom stereocenters. The highest BCUT2D eigenvalue weighted by Gasteiger charge is 2.51. The molecule has 38 heavy (non-hydrogen) atoms. The number of alkyl halides is 3. The molecule has 0 saturated carbocycles. The molecule has 1 saturated heterocycles. The van der Waals surface area contributed by atoms with Crippen LogP contribution in [0.2, 0.25) is 0 Å². The third-order valence-electron chi connectivity index (χ3n) is 6.23. The average molecular weight is 534 g/mol. The second-order valence-electron chi connectivity index (χ2n) is 8.62. The van der Waals surface area contributed by atoms with Gasteiger partial charge in [0.1, 0.15) is 0 Å². The maximum atomic E-state index is 13.5. The second-order valence-corrected chi connectivity index (χ2v) is 8.62. The maximum Gasteiger partial charge on any atom is 0.493 e. The monoisotopic (exact) mass is 534 g/mol. The van der Waals surface area contributed by atoms with Gasteiger partial charge in [-0.25, -0.2) is 14.2 Å². The Morgan fingerprint density at radius 1 is 1.16 bits per heavy atom. The number of anilines is 2. The number of hydroxylamine groups is 1. The van der Waals surface area contributed by atoms with E-state index in [1.54, 1.807) is 17.9 Å². The van der Waals surface area contributed by atoms with Crippen molar-refractivity contribution in [2.75, 3.05) is 42.7 Å². The number of Topliss-reactive ketones (excluding diaryl/α,β-unsaturated/α-hetero) is 1. The van der Waals surface area contributed by atoms with Gasteiger partial charge in [-0.3, -0.25) is 19.1 Å². The molecule has 3 heterocycles. The number of carbonyl (C=O) groups is 2. The fourth-order valence-electron chi connectivity index (χ4n) is 4.49. The van der Waals surface area contributed by atoms with Crippen LogP contribution in [0.15, 0.2) is 33.9 Å². The van der Waals surface area contributed by atoms with Crippen LogP contribution in [0.3, 0.4) is 0 Å². The molecule has 1 fully saturated rings. The number of ketones is 1. The van der Waals surface area contributed by atoms with E-state index in [2.05, 4.69) is 17.2 Å². The average Bonchev–Trinajstić information content (AvgIpc) is 3.19. The molecule has 14 heteroatoms. The van der Waals surface area contributed by atoms with E-state index in [0.717, 1.165) is 9.13 Å². The maximum absolute atomic E-state index is 13.5. The quantitative estimate of drug-likeness (QED) is 0.436. The third-order valence-corrected chi connectivity index (χ3v) is 6.23. The van der Waals surface area contributed by atoms with Gasteiger partial charge in [-0.15, -0.1) is 11.0 Å². The number of nitrogens with one attached hydrogen (secondary N) is 1. The number of aromatic nitrogens is 2. The first-order valence-corrected chi connectivity index (χ1v) is 11.6. The lowest BCUT2D eigenvalue weighted by Gasteiger charge is -2.40. The Balaban J connectivity index is 2.09. The molecule has 0 radical (unpaired) electrons. The molecule has 1 aromatic heterocycles. The first-order valence-electron chi connectivity index (χ1n) is 11.6. The summed E-state index contributed by atoms with van der Waals surface area (Å²) < 4.78 is 42.0. The molecule has 0 spiro atoms. The van der Waals surface area contributed by atoms with Crippen molar-refractivity contribution >= 4 is 23.3 Å². The first-order chi connectivity index (χ1) is 18.0. The van der Waals surface area contributed by atoms with Crippen LogP contribution in [0.25, 0.3) is 5.69 Å². The zero-order valence-electron chi connectivity index (χ0n) is 20.8. The number of hydrogen-bond donors (Lipinski definition) is 1. The van der Waals surface area contributed by atoms with E-state index in [9.17, 15) is 32.3 Å². The molecule has 1 N–H and O–H groups in total. The van der Waals surface area contributed by atoms with Crippen LogP contribution in [0.4, 0.5) is 24.7 Å². The third kappa shape index (κ3) is 4.66. The highest BCUT2D eigenvalue weighted by molar-refractivity contribution is 5.98. The lowest BCUT2D eigenvalue weighted by atomic mass is 10.1. The Morgan fingerprint density at radius 2 is 1.82 bits per heavy atom. The molecule has 2 aromatic rings. The summed E-state index contributed by atoms with van der Waals surface area (Å²) in [4.78, 5) is 59.6. The molecule has 11 nitrogen and oxygen atoms in total. The van der Waals surface area contributed by atoms with Gasteiger partial charge in [0.25, 0.3) is 5.56 Å². The van der Waals surface area contributed by atoms with Crippen molar-refractivity contribution in [3.63, 3.8) is 0 Å². The van der Waals surface area contributed by atoms with Crippen molar-refractivity contribution in [3.05, 3.63) is 50.7 Å². The van der Waals surface area contributed by atoms with Crippen LogP contribution in [-0.2, 0) is 16.7 Å². The van der Waals surface area contributed by atoms with Crippen molar-refractivity contribution in [3.8, 4) is 17.5 Å². The normalized spacial score (nSPS) is 17.6. The number of nitrogens with zero attached hydrogens (tertiary/aromatic N) is 5. The molecule has 4 rings (SSSR count). The zero-order chi connectivity index (χ0) is 27.8. The minimum atomic E-state index is -5.37. The van der Waals surface area contributed by atoms with Crippen LogP contribution < -0.4 is 26.5 Å². The van der Waals surface area contributed by atoms with Crippen molar-refractivity contribution in [2.24, 2.45) is 7.05 Å². The Labute approximate surface area is 214 Å². The number of benzene rings is 1. The highest BCUT2D eigenvalue weighted by atomic mass is 19.4. The van der Waals surface area contributed by atoms with Crippen molar-refractivity contribution in [2.45, 2.75) is 26.3 Å². The van der Waals surface area contributed by atoms with Gasteiger partial charge in [-0.2, -0.15) is 13.2 Å². The summed E-state index contributed by atoms with van der Waals surface area (Å²) in [6.07, 6.45) is -6.60. The number of hydrogen-bond acceptors (Lipinski definition) is 9. The Bertz CT molecular complexity index is 1450. The van der Waals surface area contributed by atoms with Crippen LogP contribution in [-0.4, -0.2) is 71.0 Å². The predicted octanol–water partition coefficient (Wildman–Crippen LogP) is 0.598. The summed E-state index contributed by atoms with van der Waals surface area (Å²) in [5, 5.41) is 3.76. The molecular formula is C24H25F3N6O5. The van der Waals surface area contributed by atoms with Gasteiger partial charge in [0, 0.05) is 38.8 Å². The topological polar surface area (TPSA) is 109 Å². The fourth-order valence-corrected chi connectivity index (χ4v) is 4.49. The van der Waals surface area contributed by atoms with Crippen molar-refractivity contribution in [1.82, 2.24) is 19.4 Å². The molecule has 1 unspecified atom stereocenters. The second kappa shape index (κ2) is 10.3.